The lowest BCUT2D eigenvalue weighted by molar-refractivity contribution is -0.384. The van der Waals surface area contributed by atoms with Gasteiger partial charge in [0.15, 0.2) is 5.65 Å². The van der Waals surface area contributed by atoms with Crippen molar-refractivity contribution in [1.29, 1.82) is 5.26 Å². The maximum absolute atomic E-state index is 12.9. The van der Waals surface area contributed by atoms with Gasteiger partial charge in [-0.1, -0.05) is 12.1 Å². The Morgan fingerprint density at radius 2 is 1.79 bits per heavy atom. The molecule has 5 rings (SSSR count). The number of para-hydroxylation sites is 2. The molecule has 33 heavy (non-hydrogen) atoms. The van der Waals surface area contributed by atoms with Gasteiger partial charge in [-0.25, -0.2) is 4.98 Å². The number of nitro groups is 1. The second-order valence-electron chi connectivity index (χ2n) is 8.02. The van der Waals surface area contributed by atoms with Crippen molar-refractivity contribution < 1.29 is 9.72 Å². The Kier molecular flexibility index (Phi) is 4.90. The van der Waals surface area contributed by atoms with Crippen LogP contribution < -0.4 is 4.90 Å². The maximum Gasteiger partial charge on any atom is 0.269 e. The number of benzene rings is 2. The number of non-ortho nitro benzene ring substituents is 1. The van der Waals surface area contributed by atoms with Crippen LogP contribution in [0.2, 0.25) is 0 Å². The molecule has 0 bridgehead atoms. The maximum atomic E-state index is 12.9. The second kappa shape index (κ2) is 7.91. The molecule has 0 unspecified atom stereocenters. The van der Waals surface area contributed by atoms with Crippen molar-refractivity contribution in [2.24, 2.45) is 0 Å². The van der Waals surface area contributed by atoms with E-state index in [1.807, 2.05) is 41.7 Å². The molecule has 0 radical (unpaired) electrons. The number of carbonyl (C=O) groups is 1. The van der Waals surface area contributed by atoms with Crippen molar-refractivity contribution in [2.75, 3.05) is 31.1 Å². The highest BCUT2D eigenvalue weighted by Crippen LogP contribution is 2.29. The fourth-order valence-corrected chi connectivity index (χ4v) is 4.35. The minimum atomic E-state index is -0.479. The SMILES string of the molecule is Cc1cc(N2CCN(C(=O)c3ccc([N+](=O)[O-])cc3)CC2)n2c(nc3ccccc32)c1C#N. The van der Waals surface area contributed by atoms with Gasteiger partial charge in [-0.3, -0.25) is 19.3 Å². The molecule has 0 aliphatic carbocycles. The van der Waals surface area contributed by atoms with Crippen LogP contribution in [0, 0.1) is 28.4 Å². The van der Waals surface area contributed by atoms with Crippen molar-refractivity contribution in [3.8, 4) is 6.07 Å². The number of fused-ring (bicyclic) bond motifs is 3. The molecular weight excluding hydrogens is 420 g/mol. The lowest BCUT2D eigenvalue weighted by atomic mass is 10.1. The minimum absolute atomic E-state index is 0.0378. The molecule has 4 aromatic rings. The number of nitriles is 1. The summed E-state index contributed by atoms with van der Waals surface area (Å²) in [7, 11) is 0. The number of amides is 1. The van der Waals surface area contributed by atoms with Crippen LogP contribution in [0.3, 0.4) is 0 Å². The van der Waals surface area contributed by atoms with Gasteiger partial charge < -0.3 is 9.80 Å². The van der Waals surface area contributed by atoms with E-state index in [0.717, 1.165) is 22.4 Å². The summed E-state index contributed by atoms with van der Waals surface area (Å²) in [6, 6.07) is 17.8. The van der Waals surface area contributed by atoms with Crippen LogP contribution in [0.4, 0.5) is 11.5 Å². The number of imidazole rings is 1. The zero-order valence-electron chi connectivity index (χ0n) is 17.9. The Balaban J connectivity index is 1.43. The van der Waals surface area contributed by atoms with Gasteiger partial charge in [0.25, 0.3) is 11.6 Å². The number of carbonyl (C=O) groups excluding carboxylic acids is 1. The van der Waals surface area contributed by atoms with Gasteiger partial charge in [0, 0.05) is 43.9 Å². The van der Waals surface area contributed by atoms with Gasteiger partial charge in [0.05, 0.1) is 21.5 Å². The number of pyridine rings is 1. The largest absolute Gasteiger partial charge is 0.354 e. The topological polar surface area (TPSA) is 108 Å². The molecule has 2 aromatic carbocycles. The number of rotatable bonds is 3. The fourth-order valence-electron chi connectivity index (χ4n) is 4.35. The monoisotopic (exact) mass is 440 g/mol. The summed E-state index contributed by atoms with van der Waals surface area (Å²) in [6.45, 7) is 4.18. The number of aromatic nitrogens is 2. The van der Waals surface area contributed by atoms with Crippen molar-refractivity contribution in [3.05, 3.63) is 81.4 Å². The number of nitro benzene ring substituents is 1. The molecule has 0 atom stereocenters. The number of anilines is 1. The second-order valence-corrected chi connectivity index (χ2v) is 8.02. The van der Waals surface area contributed by atoms with Crippen molar-refractivity contribution >= 4 is 34.1 Å². The Morgan fingerprint density at radius 1 is 1.09 bits per heavy atom. The predicted molar refractivity (Wildman–Crippen MR) is 123 cm³/mol. The average molecular weight is 440 g/mol. The van der Waals surface area contributed by atoms with E-state index in [1.54, 1.807) is 4.90 Å². The third kappa shape index (κ3) is 3.42. The third-order valence-electron chi connectivity index (χ3n) is 6.08. The highest BCUT2D eigenvalue weighted by Gasteiger charge is 2.25. The van der Waals surface area contributed by atoms with E-state index < -0.39 is 4.92 Å². The highest BCUT2D eigenvalue weighted by atomic mass is 16.6. The van der Waals surface area contributed by atoms with Crippen molar-refractivity contribution in [2.45, 2.75) is 6.92 Å². The number of hydrogen-bond acceptors (Lipinski definition) is 6. The molecule has 9 nitrogen and oxygen atoms in total. The molecule has 1 aliphatic heterocycles. The molecule has 164 valence electrons. The number of hydrogen-bond donors (Lipinski definition) is 0. The van der Waals surface area contributed by atoms with Crippen LogP contribution in [0.15, 0.2) is 54.6 Å². The predicted octanol–water partition coefficient (Wildman–Crippen LogP) is 3.54. The van der Waals surface area contributed by atoms with Crippen LogP contribution >= 0.6 is 0 Å². The molecule has 3 heterocycles. The summed E-state index contributed by atoms with van der Waals surface area (Å²) < 4.78 is 2.02. The summed E-state index contributed by atoms with van der Waals surface area (Å²) >= 11 is 0. The Bertz CT molecular complexity index is 1440. The fraction of sp³-hybridized carbons (Fsp3) is 0.208. The summed E-state index contributed by atoms with van der Waals surface area (Å²) in [5.74, 6) is 0.802. The standard InChI is InChI=1S/C24H20N6O3/c1-16-14-22(29-21-5-3-2-4-20(21)26-23(29)19(16)15-25)27-10-12-28(13-11-27)24(31)17-6-8-18(9-7-17)30(32)33/h2-9,14H,10-13H2,1H3. The first kappa shape index (κ1) is 20.5. The zero-order valence-corrected chi connectivity index (χ0v) is 17.9. The van der Waals surface area contributed by atoms with Gasteiger partial charge in [-0.2, -0.15) is 5.26 Å². The third-order valence-corrected chi connectivity index (χ3v) is 6.08. The molecule has 0 spiro atoms. The number of nitrogens with zero attached hydrogens (tertiary/aromatic N) is 6. The average Bonchev–Trinajstić information content (AvgIpc) is 3.22. The summed E-state index contributed by atoms with van der Waals surface area (Å²) in [5, 5.41) is 20.6. The summed E-state index contributed by atoms with van der Waals surface area (Å²) in [4.78, 5) is 31.9. The van der Waals surface area contributed by atoms with E-state index in [4.69, 9.17) is 4.98 Å². The van der Waals surface area contributed by atoms with Crippen LogP contribution in [-0.4, -0.2) is 51.3 Å². The van der Waals surface area contributed by atoms with Gasteiger partial charge in [-0.05, 0) is 42.8 Å². The Labute approximate surface area is 189 Å². The first-order chi connectivity index (χ1) is 16.0. The Hall–Kier alpha value is -4.45. The Morgan fingerprint density at radius 3 is 2.45 bits per heavy atom. The normalized spacial score (nSPS) is 13.9. The van der Waals surface area contributed by atoms with E-state index in [9.17, 15) is 20.2 Å². The minimum Gasteiger partial charge on any atom is -0.354 e. The number of piperazine rings is 1. The van der Waals surface area contributed by atoms with Crippen LogP contribution in [0.25, 0.3) is 16.7 Å². The lowest BCUT2D eigenvalue weighted by Gasteiger charge is -2.36. The van der Waals surface area contributed by atoms with Crippen LogP contribution in [-0.2, 0) is 0 Å². The molecule has 1 saturated heterocycles. The molecule has 2 aromatic heterocycles. The van der Waals surface area contributed by atoms with Gasteiger partial charge in [0.1, 0.15) is 11.9 Å². The summed E-state index contributed by atoms with van der Waals surface area (Å²) in [6.07, 6.45) is 0. The van der Waals surface area contributed by atoms with Crippen molar-refractivity contribution in [1.82, 2.24) is 14.3 Å². The van der Waals surface area contributed by atoms with E-state index in [0.29, 0.717) is 43.0 Å². The number of aryl methyl sites for hydroxylation is 1. The van der Waals surface area contributed by atoms with Crippen molar-refractivity contribution in [3.63, 3.8) is 0 Å². The van der Waals surface area contributed by atoms with E-state index >= 15 is 0 Å². The summed E-state index contributed by atoms with van der Waals surface area (Å²) in [5.41, 5.74) is 4.21. The van der Waals surface area contributed by atoms with Gasteiger partial charge in [-0.15, -0.1) is 0 Å². The highest BCUT2D eigenvalue weighted by molar-refractivity contribution is 5.94. The molecule has 1 aliphatic rings. The lowest BCUT2D eigenvalue weighted by Crippen LogP contribution is -2.49. The van der Waals surface area contributed by atoms with E-state index in [1.165, 1.54) is 24.3 Å². The smallest absolute Gasteiger partial charge is 0.269 e. The van der Waals surface area contributed by atoms with Gasteiger partial charge >= 0.3 is 0 Å². The molecule has 1 amide bonds. The molecular formula is C24H20N6O3. The molecule has 9 heteroatoms. The van der Waals surface area contributed by atoms with Gasteiger partial charge in [0.2, 0.25) is 0 Å². The molecule has 1 fully saturated rings. The van der Waals surface area contributed by atoms with E-state index in [2.05, 4.69) is 11.0 Å². The molecule has 0 N–H and O–H groups in total. The first-order valence-electron chi connectivity index (χ1n) is 10.6. The molecule has 0 saturated carbocycles. The zero-order chi connectivity index (χ0) is 23.1. The van der Waals surface area contributed by atoms with Crippen LogP contribution in [0.1, 0.15) is 21.5 Å². The van der Waals surface area contributed by atoms with Crippen LogP contribution in [0.5, 0.6) is 0 Å². The van der Waals surface area contributed by atoms with E-state index in [-0.39, 0.29) is 11.6 Å². The quantitative estimate of drug-likeness (QED) is 0.356. The first-order valence-corrected chi connectivity index (χ1v) is 10.6.